The Morgan fingerprint density at radius 1 is 0.523 bits per heavy atom. The van der Waals surface area contributed by atoms with Crippen LogP contribution in [0.25, 0.3) is 55.6 Å². The molecule has 214 valence electrons. The molecule has 0 unspecified atom stereocenters. The Balaban J connectivity index is 0.00000312. The van der Waals surface area contributed by atoms with Crippen molar-refractivity contribution in [3.63, 3.8) is 0 Å². The number of benzene rings is 5. The summed E-state index contributed by atoms with van der Waals surface area (Å²) in [7, 11) is 0. The van der Waals surface area contributed by atoms with Crippen molar-refractivity contribution >= 4 is 21.8 Å². The van der Waals surface area contributed by atoms with Crippen LogP contribution >= 0.6 is 0 Å². The zero-order chi connectivity index (χ0) is 28.6. The zero-order valence-corrected chi connectivity index (χ0v) is 25.8. The Hall–Kier alpha value is -5.25. The van der Waals surface area contributed by atoms with Gasteiger partial charge in [0.25, 0.3) is 0 Å². The fourth-order valence-corrected chi connectivity index (χ4v) is 5.68. The summed E-state index contributed by atoms with van der Waals surface area (Å²) >= 11 is 0. The molecule has 0 amide bonds. The van der Waals surface area contributed by atoms with Crippen LogP contribution in [0.2, 0.25) is 0 Å². The number of fused-ring (bicyclic) bond motifs is 3. The maximum atomic E-state index is 6.45. The number of pyridine rings is 1. The molecule has 0 fully saturated rings. The van der Waals surface area contributed by atoms with Crippen LogP contribution in [-0.4, -0.2) is 19.3 Å². The van der Waals surface area contributed by atoms with Gasteiger partial charge in [0.05, 0.1) is 22.9 Å². The molecule has 6 heteroatoms. The quantitative estimate of drug-likeness (QED) is 0.170. The molecule has 0 spiro atoms. The number of hydrogen-bond donors (Lipinski definition) is 0. The van der Waals surface area contributed by atoms with Crippen LogP contribution in [0.1, 0.15) is 0 Å². The fourth-order valence-electron chi connectivity index (χ4n) is 5.68. The van der Waals surface area contributed by atoms with Crippen molar-refractivity contribution in [3.05, 3.63) is 158 Å². The van der Waals surface area contributed by atoms with E-state index in [-0.39, 0.29) is 21.1 Å². The minimum Gasteiger partial charge on any atom is -0.457 e. The van der Waals surface area contributed by atoms with E-state index in [0.717, 1.165) is 61.7 Å². The van der Waals surface area contributed by atoms with Gasteiger partial charge in [-0.05, 0) is 59.2 Å². The van der Waals surface area contributed by atoms with Gasteiger partial charge in [-0.1, -0.05) is 84.9 Å². The van der Waals surface area contributed by atoms with E-state index < -0.39 is 0 Å². The number of aromatic nitrogens is 4. The molecule has 5 aromatic carbocycles. The number of hydrogen-bond acceptors (Lipinski definition) is 3. The summed E-state index contributed by atoms with van der Waals surface area (Å²) in [6.07, 6.45) is 5.80. The van der Waals surface area contributed by atoms with Crippen LogP contribution in [0.5, 0.6) is 11.5 Å². The second-order valence-electron chi connectivity index (χ2n) is 10.4. The summed E-state index contributed by atoms with van der Waals surface area (Å²) < 4.78 is 10.5. The predicted molar refractivity (Wildman–Crippen MR) is 173 cm³/mol. The van der Waals surface area contributed by atoms with Gasteiger partial charge in [0.2, 0.25) is 0 Å². The van der Waals surface area contributed by atoms with Crippen LogP contribution in [0.4, 0.5) is 0 Å². The largest absolute Gasteiger partial charge is 0.457 e. The number of ether oxygens (including phenoxy) is 1. The molecular weight excluding hydrogens is 724 g/mol. The third-order valence-electron chi connectivity index (χ3n) is 7.73. The topological polar surface area (TPSA) is 44.9 Å². The summed E-state index contributed by atoms with van der Waals surface area (Å²) in [5.41, 5.74) is 7.54. The van der Waals surface area contributed by atoms with Crippen molar-refractivity contribution in [2.24, 2.45) is 0 Å². The molecule has 0 aliphatic heterocycles. The fraction of sp³-hybridized carbons (Fsp3) is 0. The van der Waals surface area contributed by atoms with Crippen LogP contribution in [0.3, 0.4) is 0 Å². The summed E-state index contributed by atoms with van der Waals surface area (Å²) in [5.74, 6) is 2.35. The molecule has 0 aliphatic carbocycles. The summed E-state index contributed by atoms with van der Waals surface area (Å²) in [4.78, 5) is 4.80. The van der Waals surface area contributed by atoms with E-state index in [1.54, 1.807) is 0 Å². The monoisotopic (exact) mass is 749 g/mol. The Kier molecular flexibility index (Phi) is 7.39. The van der Waals surface area contributed by atoms with E-state index in [1.165, 1.54) is 5.39 Å². The van der Waals surface area contributed by atoms with E-state index in [9.17, 15) is 0 Å². The van der Waals surface area contributed by atoms with Gasteiger partial charge >= 0.3 is 0 Å². The number of nitrogens with zero attached hydrogens (tertiary/aromatic N) is 4. The maximum Gasteiger partial charge on any atom is 0.138 e. The average Bonchev–Trinajstić information content (AvgIpc) is 3.69. The zero-order valence-electron chi connectivity index (χ0n) is 23.5. The van der Waals surface area contributed by atoms with Crippen LogP contribution in [0.15, 0.2) is 158 Å². The molecular formula is C38H26N4OPt. The van der Waals surface area contributed by atoms with E-state index in [4.69, 9.17) is 9.72 Å². The normalized spacial score (nSPS) is 11.0. The van der Waals surface area contributed by atoms with Crippen molar-refractivity contribution < 1.29 is 25.8 Å². The molecule has 3 aromatic heterocycles. The van der Waals surface area contributed by atoms with E-state index in [2.05, 4.69) is 94.6 Å². The molecule has 0 saturated heterocycles. The van der Waals surface area contributed by atoms with Gasteiger partial charge in [0.15, 0.2) is 0 Å². The third kappa shape index (κ3) is 5.12. The van der Waals surface area contributed by atoms with Crippen LogP contribution in [0, 0.1) is 0 Å². The third-order valence-corrected chi connectivity index (χ3v) is 7.73. The first-order valence-corrected chi connectivity index (χ1v) is 14.2. The molecule has 5 nitrogen and oxygen atoms in total. The SMILES string of the molecule is [Pt].c1ccc(-c2ccnc(-n3c4ccccc4c4ccc(Oc5cccc(-n6cc(-c7ccccc7)cn6)c5)cc43)c2)cc1. The van der Waals surface area contributed by atoms with Crippen LogP contribution < -0.4 is 4.74 Å². The maximum absolute atomic E-state index is 6.45. The second kappa shape index (κ2) is 11.8. The first-order valence-electron chi connectivity index (χ1n) is 14.2. The molecule has 8 aromatic rings. The van der Waals surface area contributed by atoms with Gasteiger partial charge in [-0.15, -0.1) is 0 Å². The predicted octanol–water partition coefficient (Wildman–Crippen LogP) is 9.49. The Morgan fingerprint density at radius 3 is 2.05 bits per heavy atom. The number of para-hydroxylation sites is 1. The van der Waals surface area contributed by atoms with Gasteiger partial charge in [0.1, 0.15) is 17.3 Å². The van der Waals surface area contributed by atoms with Crippen molar-refractivity contribution in [2.45, 2.75) is 0 Å². The second-order valence-corrected chi connectivity index (χ2v) is 10.4. The molecule has 0 aliphatic rings. The molecule has 8 rings (SSSR count). The molecule has 0 radical (unpaired) electrons. The molecule has 0 atom stereocenters. The minimum atomic E-state index is 0. The first-order chi connectivity index (χ1) is 21.3. The Labute approximate surface area is 269 Å². The van der Waals surface area contributed by atoms with E-state index in [0.29, 0.717) is 0 Å². The Morgan fingerprint density at radius 2 is 1.23 bits per heavy atom. The van der Waals surface area contributed by atoms with Crippen molar-refractivity contribution in [1.29, 1.82) is 0 Å². The summed E-state index contributed by atoms with van der Waals surface area (Å²) in [6, 6.07) is 47.6. The Bertz CT molecular complexity index is 2220. The standard InChI is InChI=1S/C38H26N4O.Pt/c1-3-10-27(11-4-1)29-20-21-39-38(22-29)42-36-17-8-7-16-34(36)35-19-18-33(24-37(35)42)43-32-15-9-14-31(23-32)41-26-30(25-40-41)28-12-5-2-6-13-28;/h1-26H;. The van der Waals surface area contributed by atoms with Crippen molar-refractivity contribution in [2.75, 3.05) is 0 Å². The van der Waals surface area contributed by atoms with Crippen LogP contribution in [-0.2, 0) is 21.1 Å². The van der Waals surface area contributed by atoms with Gasteiger partial charge < -0.3 is 4.74 Å². The van der Waals surface area contributed by atoms with Gasteiger partial charge in [-0.25, -0.2) is 9.67 Å². The minimum absolute atomic E-state index is 0. The van der Waals surface area contributed by atoms with Gasteiger partial charge in [-0.2, -0.15) is 5.10 Å². The van der Waals surface area contributed by atoms with Crippen molar-refractivity contribution in [1.82, 2.24) is 19.3 Å². The molecule has 0 N–H and O–H groups in total. The smallest absolute Gasteiger partial charge is 0.138 e. The van der Waals surface area contributed by atoms with Gasteiger partial charge in [0, 0.05) is 61.9 Å². The van der Waals surface area contributed by atoms with Gasteiger partial charge in [-0.3, -0.25) is 4.57 Å². The number of rotatable bonds is 6. The van der Waals surface area contributed by atoms with E-state index in [1.807, 2.05) is 77.9 Å². The molecule has 0 saturated carbocycles. The van der Waals surface area contributed by atoms with E-state index >= 15 is 0 Å². The molecule has 0 bridgehead atoms. The molecule has 44 heavy (non-hydrogen) atoms. The van der Waals surface area contributed by atoms with Crippen molar-refractivity contribution in [3.8, 4) is 45.3 Å². The summed E-state index contributed by atoms with van der Waals surface area (Å²) in [5, 5.41) is 6.92. The summed E-state index contributed by atoms with van der Waals surface area (Å²) in [6.45, 7) is 0. The first kappa shape index (κ1) is 27.6. The molecule has 3 heterocycles. The average molecular weight is 750 g/mol.